The Morgan fingerprint density at radius 3 is 2.94 bits per heavy atom. The molecule has 1 atom stereocenters. The van der Waals surface area contributed by atoms with Crippen LogP contribution < -0.4 is 10.2 Å². The molecule has 1 aromatic rings. The molecule has 0 aliphatic heterocycles. The number of thioether (sulfide) groups is 1. The Bertz CT molecular complexity index is 344. The lowest BCUT2D eigenvalue weighted by molar-refractivity contribution is 0.651. The van der Waals surface area contributed by atoms with E-state index >= 15 is 0 Å². The van der Waals surface area contributed by atoms with E-state index in [0.717, 1.165) is 18.9 Å². The van der Waals surface area contributed by atoms with Gasteiger partial charge in [-0.25, -0.2) is 4.98 Å². The van der Waals surface area contributed by atoms with Gasteiger partial charge in [0, 0.05) is 31.4 Å². The van der Waals surface area contributed by atoms with E-state index in [2.05, 4.69) is 48.4 Å². The second-order valence-electron chi connectivity index (χ2n) is 4.51. The van der Waals surface area contributed by atoms with E-state index in [1.54, 1.807) is 0 Å². The van der Waals surface area contributed by atoms with Crippen molar-refractivity contribution in [1.29, 1.82) is 0 Å². The Balaban J connectivity index is 2.73. The summed E-state index contributed by atoms with van der Waals surface area (Å²) in [6.07, 6.45) is 5.22. The van der Waals surface area contributed by atoms with Crippen molar-refractivity contribution in [2.24, 2.45) is 0 Å². The molecule has 0 saturated heterocycles. The van der Waals surface area contributed by atoms with E-state index in [-0.39, 0.29) is 0 Å². The third-order valence-electron chi connectivity index (χ3n) is 3.17. The highest BCUT2D eigenvalue weighted by Gasteiger charge is 2.13. The number of nitrogens with one attached hydrogen (secondary N) is 1. The molecule has 0 aromatic carbocycles. The highest BCUT2D eigenvalue weighted by Crippen LogP contribution is 2.19. The van der Waals surface area contributed by atoms with Crippen LogP contribution in [0.4, 0.5) is 5.82 Å². The van der Waals surface area contributed by atoms with Gasteiger partial charge in [-0.05, 0) is 38.0 Å². The summed E-state index contributed by atoms with van der Waals surface area (Å²) in [5.74, 6) is 2.30. The van der Waals surface area contributed by atoms with Crippen molar-refractivity contribution in [3.05, 3.63) is 23.9 Å². The smallest absolute Gasteiger partial charge is 0.132 e. The van der Waals surface area contributed by atoms with Crippen LogP contribution in [0.1, 0.15) is 25.8 Å². The fraction of sp³-hybridized carbons (Fsp3) is 0.643. The second-order valence-corrected chi connectivity index (χ2v) is 5.49. The lowest BCUT2D eigenvalue weighted by Crippen LogP contribution is -2.31. The first-order valence-electron chi connectivity index (χ1n) is 6.57. The molecule has 0 aliphatic rings. The molecule has 1 rings (SSSR count). The predicted molar refractivity (Wildman–Crippen MR) is 82.5 cm³/mol. The average molecular weight is 267 g/mol. The monoisotopic (exact) mass is 267 g/mol. The van der Waals surface area contributed by atoms with E-state index in [0.29, 0.717) is 6.04 Å². The quantitative estimate of drug-likeness (QED) is 0.784. The molecule has 1 unspecified atom stereocenters. The van der Waals surface area contributed by atoms with Crippen LogP contribution in [0.3, 0.4) is 0 Å². The summed E-state index contributed by atoms with van der Waals surface area (Å²) >= 11 is 1.90. The van der Waals surface area contributed by atoms with E-state index < -0.39 is 0 Å². The van der Waals surface area contributed by atoms with E-state index in [9.17, 15) is 0 Å². The van der Waals surface area contributed by atoms with Crippen LogP contribution in [-0.2, 0) is 6.54 Å². The van der Waals surface area contributed by atoms with Crippen molar-refractivity contribution >= 4 is 17.6 Å². The van der Waals surface area contributed by atoms with Crippen LogP contribution in [0, 0.1) is 0 Å². The van der Waals surface area contributed by atoms with Gasteiger partial charge >= 0.3 is 0 Å². The van der Waals surface area contributed by atoms with Gasteiger partial charge in [0.1, 0.15) is 5.82 Å². The molecule has 1 heterocycles. The third kappa shape index (κ3) is 4.50. The van der Waals surface area contributed by atoms with Crippen LogP contribution in [0.15, 0.2) is 18.3 Å². The maximum atomic E-state index is 4.54. The Morgan fingerprint density at radius 2 is 2.28 bits per heavy atom. The van der Waals surface area contributed by atoms with Crippen LogP contribution >= 0.6 is 11.8 Å². The Kier molecular flexibility index (Phi) is 7.13. The molecule has 0 spiro atoms. The highest BCUT2D eigenvalue weighted by molar-refractivity contribution is 7.98. The van der Waals surface area contributed by atoms with E-state index in [4.69, 9.17) is 0 Å². The summed E-state index contributed by atoms with van der Waals surface area (Å²) in [5, 5.41) is 3.37. The lowest BCUT2D eigenvalue weighted by atomic mass is 10.2. The van der Waals surface area contributed by atoms with Crippen molar-refractivity contribution in [3.63, 3.8) is 0 Å². The van der Waals surface area contributed by atoms with Crippen LogP contribution in [0.25, 0.3) is 0 Å². The van der Waals surface area contributed by atoms with Crippen molar-refractivity contribution in [2.75, 3.05) is 30.5 Å². The zero-order valence-corrected chi connectivity index (χ0v) is 12.8. The van der Waals surface area contributed by atoms with E-state index in [1.807, 2.05) is 24.0 Å². The van der Waals surface area contributed by atoms with Crippen LogP contribution in [0.5, 0.6) is 0 Å². The van der Waals surface area contributed by atoms with Gasteiger partial charge in [0.25, 0.3) is 0 Å². The molecular weight excluding hydrogens is 242 g/mol. The summed E-state index contributed by atoms with van der Waals surface area (Å²) in [5.41, 5.74) is 1.28. The molecule has 0 aliphatic carbocycles. The topological polar surface area (TPSA) is 28.2 Å². The average Bonchev–Trinajstić information content (AvgIpc) is 2.42. The summed E-state index contributed by atoms with van der Waals surface area (Å²) in [6.45, 7) is 6.27. The Labute approximate surface area is 115 Å². The summed E-state index contributed by atoms with van der Waals surface area (Å²) in [6, 6.07) is 4.69. The van der Waals surface area contributed by atoms with Gasteiger partial charge in [-0.1, -0.05) is 13.0 Å². The molecular formula is C14H25N3S. The molecule has 0 radical (unpaired) electrons. The maximum Gasteiger partial charge on any atom is 0.132 e. The minimum atomic E-state index is 0.521. The number of pyridine rings is 1. The third-order valence-corrected chi connectivity index (χ3v) is 3.81. The Morgan fingerprint density at radius 1 is 1.50 bits per heavy atom. The van der Waals surface area contributed by atoms with Crippen molar-refractivity contribution in [2.45, 2.75) is 32.9 Å². The number of rotatable bonds is 8. The van der Waals surface area contributed by atoms with Gasteiger partial charge < -0.3 is 10.2 Å². The van der Waals surface area contributed by atoms with Gasteiger partial charge in [-0.3, -0.25) is 0 Å². The molecule has 1 aromatic heterocycles. The Hall–Kier alpha value is -0.740. The highest BCUT2D eigenvalue weighted by atomic mass is 32.2. The van der Waals surface area contributed by atoms with Gasteiger partial charge in [0.15, 0.2) is 0 Å². The predicted octanol–water partition coefficient (Wildman–Crippen LogP) is 2.77. The molecule has 0 bridgehead atoms. The number of hydrogen-bond acceptors (Lipinski definition) is 4. The molecule has 4 heteroatoms. The first kappa shape index (κ1) is 15.3. The number of nitrogens with zero attached hydrogens (tertiary/aromatic N) is 2. The number of anilines is 1. The molecule has 0 fully saturated rings. The first-order chi connectivity index (χ1) is 8.70. The summed E-state index contributed by atoms with van der Waals surface area (Å²) in [7, 11) is 2.14. The standard InChI is InChI=1S/C14H25N3S/c1-5-15-11-13-7-6-9-16-14(13)17(3)12(2)8-10-18-4/h6-7,9,12,15H,5,8,10-11H2,1-4H3. The normalized spacial score (nSPS) is 12.4. The van der Waals surface area contributed by atoms with E-state index in [1.165, 1.54) is 17.7 Å². The van der Waals surface area contributed by atoms with Crippen molar-refractivity contribution in [1.82, 2.24) is 10.3 Å². The van der Waals surface area contributed by atoms with Gasteiger partial charge in [0.2, 0.25) is 0 Å². The second kappa shape index (κ2) is 8.38. The van der Waals surface area contributed by atoms with Gasteiger partial charge in [0.05, 0.1) is 0 Å². The molecule has 18 heavy (non-hydrogen) atoms. The minimum absolute atomic E-state index is 0.521. The minimum Gasteiger partial charge on any atom is -0.357 e. The first-order valence-corrected chi connectivity index (χ1v) is 7.96. The molecule has 0 amide bonds. The molecule has 0 saturated carbocycles. The molecule has 3 nitrogen and oxygen atoms in total. The fourth-order valence-electron chi connectivity index (χ4n) is 1.84. The summed E-state index contributed by atoms with van der Waals surface area (Å²) in [4.78, 5) is 6.83. The van der Waals surface area contributed by atoms with Crippen LogP contribution in [0.2, 0.25) is 0 Å². The zero-order valence-electron chi connectivity index (χ0n) is 11.9. The number of hydrogen-bond donors (Lipinski definition) is 1. The largest absolute Gasteiger partial charge is 0.357 e. The van der Waals surface area contributed by atoms with Gasteiger partial charge in [-0.2, -0.15) is 11.8 Å². The van der Waals surface area contributed by atoms with Crippen molar-refractivity contribution in [3.8, 4) is 0 Å². The molecule has 102 valence electrons. The maximum absolute atomic E-state index is 4.54. The van der Waals surface area contributed by atoms with Gasteiger partial charge in [-0.15, -0.1) is 0 Å². The van der Waals surface area contributed by atoms with Crippen LogP contribution in [-0.4, -0.2) is 36.6 Å². The summed E-state index contributed by atoms with van der Waals surface area (Å²) < 4.78 is 0. The SMILES string of the molecule is CCNCc1cccnc1N(C)C(C)CCSC. The lowest BCUT2D eigenvalue weighted by Gasteiger charge is -2.27. The number of aromatic nitrogens is 1. The molecule has 1 N–H and O–H groups in total. The van der Waals surface area contributed by atoms with Crippen molar-refractivity contribution < 1.29 is 0 Å². The fourth-order valence-corrected chi connectivity index (χ4v) is 2.41. The zero-order chi connectivity index (χ0) is 13.4.